The molecule has 0 bridgehead atoms. The fraction of sp³-hybridized carbons (Fsp3) is 0. The van der Waals surface area contributed by atoms with Gasteiger partial charge in [0.2, 0.25) is 0 Å². The normalized spacial score (nSPS) is 10.7. The highest BCUT2D eigenvalue weighted by Gasteiger charge is 2.09. The molecule has 1 heterocycles. The van der Waals surface area contributed by atoms with E-state index in [1.165, 1.54) is 18.2 Å². The molecule has 1 aromatic carbocycles. The Morgan fingerprint density at radius 2 is 2.21 bits per heavy atom. The van der Waals surface area contributed by atoms with Crippen LogP contribution in [0.15, 0.2) is 18.2 Å². The van der Waals surface area contributed by atoms with Crippen molar-refractivity contribution in [3.63, 3.8) is 0 Å². The number of carbonyl (C=O) groups excluding carboxylic acids is 1. The van der Waals surface area contributed by atoms with Crippen molar-refractivity contribution in [2.75, 3.05) is 0 Å². The van der Waals surface area contributed by atoms with Crippen molar-refractivity contribution in [2.45, 2.75) is 0 Å². The SMILES string of the molecule is O=C([O-])c1[nH]c2ccc(F)cc2c1I. The summed E-state index contributed by atoms with van der Waals surface area (Å²) in [5.41, 5.74) is 0.584. The van der Waals surface area contributed by atoms with E-state index in [1.54, 1.807) is 0 Å². The van der Waals surface area contributed by atoms with Gasteiger partial charge < -0.3 is 14.9 Å². The number of rotatable bonds is 1. The minimum atomic E-state index is -1.29. The minimum absolute atomic E-state index is 0.00815. The molecule has 0 aliphatic rings. The number of aromatic amines is 1. The van der Waals surface area contributed by atoms with E-state index in [0.29, 0.717) is 14.5 Å². The number of carboxylic acid groups (broad SMARTS) is 1. The topological polar surface area (TPSA) is 55.9 Å². The molecule has 0 saturated heterocycles. The molecule has 0 atom stereocenters. The Hall–Kier alpha value is -1.11. The van der Waals surface area contributed by atoms with Crippen LogP contribution in [0, 0.1) is 9.39 Å². The van der Waals surface area contributed by atoms with Crippen molar-refractivity contribution in [1.82, 2.24) is 4.98 Å². The molecule has 72 valence electrons. The van der Waals surface area contributed by atoms with Crippen LogP contribution in [0.5, 0.6) is 0 Å². The van der Waals surface area contributed by atoms with Gasteiger partial charge in [0.05, 0.1) is 11.7 Å². The van der Waals surface area contributed by atoms with Crippen LogP contribution >= 0.6 is 22.6 Å². The number of nitrogens with one attached hydrogen (secondary N) is 1. The molecule has 1 aromatic heterocycles. The number of carbonyl (C=O) groups is 1. The Labute approximate surface area is 92.1 Å². The summed E-state index contributed by atoms with van der Waals surface area (Å²) in [5, 5.41) is 11.2. The van der Waals surface area contributed by atoms with Gasteiger partial charge in [-0.2, -0.15) is 0 Å². The maximum absolute atomic E-state index is 12.8. The first-order chi connectivity index (χ1) is 6.59. The number of aromatic carboxylic acids is 1. The number of hydrogen-bond donors (Lipinski definition) is 1. The number of H-pyrrole nitrogens is 1. The molecule has 0 aliphatic heterocycles. The molecule has 2 rings (SSSR count). The molecule has 1 N–H and O–H groups in total. The fourth-order valence-corrected chi connectivity index (χ4v) is 2.07. The zero-order valence-corrected chi connectivity index (χ0v) is 8.96. The van der Waals surface area contributed by atoms with Gasteiger partial charge in [0.15, 0.2) is 0 Å². The van der Waals surface area contributed by atoms with Crippen LogP contribution in [-0.4, -0.2) is 11.0 Å². The molecule has 0 fully saturated rings. The Kier molecular flexibility index (Phi) is 2.18. The van der Waals surface area contributed by atoms with Gasteiger partial charge in [0, 0.05) is 14.5 Å². The first-order valence-corrected chi connectivity index (χ1v) is 4.85. The Morgan fingerprint density at radius 1 is 1.50 bits per heavy atom. The Morgan fingerprint density at radius 3 is 2.86 bits per heavy atom. The zero-order valence-electron chi connectivity index (χ0n) is 6.80. The summed E-state index contributed by atoms with van der Waals surface area (Å²) in [6, 6.07) is 4.06. The van der Waals surface area contributed by atoms with Gasteiger partial charge in [-0.25, -0.2) is 4.39 Å². The van der Waals surface area contributed by atoms with Gasteiger partial charge in [0.25, 0.3) is 0 Å². The third-order valence-electron chi connectivity index (χ3n) is 1.90. The molecule has 0 aliphatic carbocycles. The highest BCUT2D eigenvalue weighted by Crippen LogP contribution is 2.24. The second-order valence-corrected chi connectivity index (χ2v) is 3.87. The Balaban J connectivity index is 2.80. The number of hydrogen-bond acceptors (Lipinski definition) is 2. The van der Waals surface area contributed by atoms with Crippen molar-refractivity contribution in [2.24, 2.45) is 0 Å². The number of fused-ring (bicyclic) bond motifs is 1. The van der Waals surface area contributed by atoms with Gasteiger partial charge in [-0.15, -0.1) is 0 Å². The van der Waals surface area contributed by atoms with Gasteiger partial charge in [-0.3, -0.25) is 0 Å². The fourth-order valence-electron chi connectivity index (χ4n) is 1.27. The average molecular weight is 304 g/mol. The van der Waals surface area contributed by atoms with Gasteiger partial charge in [-0.05, 0) is 40.8 Å². The maximum Gasteiger partial charge on any atom is 0.123 e. The lowest BCUT2D eigenvalue weighted by molar-refractivity contribution is -0.255. The lowest BCUT2D eigenvalue weighted by atomic mass is 10.2. The second-order valence-electron chi connectivity index (χ2n) is 2.79. The summed E-state index contributed by atoms with van der Waals surface area (Å²) in [6.45, 7) is 0. The predicted molar refractivity (Wildman–Crippen MR) is 55.3 cm³/mol. The molecule has 0 spiro atoms. The molecular formula is C9H4FINO2-. The number of halogens is 2. The third kappa shape index (κ3) is 1.37. The molecule has 3 nitrogen and oxygen atoms in total. The molecule has 5 heteroatoms. The number of aromatic nitrogens is 1. The van der Waals surface area contributed by atoms with Crippen LogP contribution in [0.1, 0.15) is 10.5 Å². The van der Waals surface area contributed by atoms with E-state index in [1.807, 2.05) is 22.6 Å². The van der Waals surface area contributed by atoms with Crippen molar-refractivity contribution in [1.29, 1.82) is 0 Å². The lowest BCUT2D eigenvalue weighted by Crippen LogP contribution is -2.23. The first kappa shape index (κ1) is 9.45. The smallest absolute Gasteiger partial charge is 0.123 e. The number of benzene rings is 1. The second kappa shape index (κ2) is 3.23. The molecule has 2 aromatic rings. The van der Waals surface area contributed by atoms with Crippen LogP contribution in [0.4, 0.5) is 4.39 Å². The van der Waals surface area contributed by atoms with Crippen LogP contribution in [0.2, 0.25) is 0 Å². The van der Waals surface area contributed by atoms with E-state index >= 15 is 0 Å². The standard InChI is InChI=1S/C9H5FINO2/c10-4-1-2-6-5(3-4)7(11)8(12-6)9(13)14/h1-3,12H,(H,13,14)/p-1. The van der Waals surface area contributed by atoms with E-state index in [2.05, 4.69) is 4.98 Å². The van der Waals surface area contributed by atoms with Crippen molar-refractivity contribution >= 4 is 39.5 Å². The zero-order chi connectivity index (χ0) is 10.3. The van der Waals surface area contributed by atoms with E-state index in [-0.39, 0.29) is 11.5 Å². The molecule has 0 amide bonds. The first-order valence-electron chi connectivity index (χ1n) is 3.77. The summed E-state index contributed by atoms with van der Waals surface area (Å²) < 4.78 is 13.3. The van der Waals surface area contributed by atoms with Crippen LogP contribution < -0.4 is 5.11 Å². The largest absolute Gasteiger partial charge is 0.543 e. The third-order valence-corrected chi connectivity index (χ3v) is 3.02. The summed E-state index contributed by atoms with van der Waals surface area (Å²) in [4.78, 5) is 13.3. The summed E-state index contributed by atoms with van der Waals surface area (Å²) in [5.74, 6) is -1.68. The molecule has 14 heavy (non-hydrogen) atoms. The predicted octanol–water partition coefficient (Wildman–Crippen LogP) is 1.28. The quantitative estimate of drug-likeness (QED) is 0.807. The van der Waals surface area contributed by atoms with Gasteiger partial charge in [-0.1, -0.05) is 0 Å². The maximum atomic E-state index is 12.8. The van der Waals surface area contributed by atoms with Crippen molar-refractivity contribution < 1.29 is 14.3 Å². The molecule has 0 saturated carbocycles. The summed E-state index contributed by atoms with van der Waals surface area (Å²) in [6.07, 6.45) is 0. The van der Waals surface area contributed by atoms with E-state index in [9.17, 15) is 14.3 Å². The van der Waals surface area contributed by atoms with Crippen LogP contribution in [0.3, 0.4) is 0 Å². The van der Waals surface area contributed by atoms with Crippen LogP contribution in [-0.2, 0) is 0 Å². The van der Waals surface area contributed by atoms with Crippen LogP contribution in [0.25, 0.3) is 10.9 Å². The molecular weight excluding hydrogens is 300 g/mol. The summed E-state index contributed by atoms with van der Waals surface area (Å²) in [7, 11) is 0. The highest BCUT2D eigenvalue weighted by atomic mass is 127. The molecule has 0 radical (unpaired) electrons. The van der Waals surface area contributed by atoms with E-state index in [0.717, 1.165) is 0 Å². The average Bonchev–Trinajstić information content (AvgIpc) is 2.44. The van der Waals surface area contributed by atoms with Crippen molar-refractivity contribution in [3.8, 4) is 0 Å². The van der Waals surface area contributed by atoms with E-state index < -0.39 is 5.97 Å². The highest BCUT2D eigenvalue weighted by molar-refractivity contribution is 14.1. The monoisotopic (exact) mass is 304 g/mol. The minimum Gasteiger partial charge on any atom is -0.543 e. The lowest BCUT2D eigenvalue weighted by Gasteiger charge is -1.97. The van der Waals surface area contributed by atoms with Gasteiger partial charge >= 0.3 is 0 Å². The Bertz CT molecular complexity index is 521. The summed E-state index contributed by atoms with van der Waals surface area (Å²) >= 11 is 1.85. The van der Waals surface area contributed by atoms with E-state index in [4.69, 9.17) is 0 Å². The molecule has 0 unspecified atom stereocenters. The van der Waals surface area contributed by atoms with Gasteiger partial charge in [0.1, 0.15) is 5.82 Å². The van der Waals surface area contributed by atoms with Crippen molar-refractivity contribution in [3.05, 3.63) is 33.3 Å². The number of carboxylic acids is 1.